The first-order chi connectivity index (χ1) is 6.26. The third-order valence-corrected chi connectivity index (χ3v) is 2.01. The fourth-order valence-corrected chi connectivity index (χ4v) is 1.15. The Morgan fingerprint density at radius 3 is 2.36 bits per heavy atom. The zero-order valence-corrected chi connectivity index (χ0v) is 9.11. The molecular formula is C10H12Cl2FN. The third kappa shape index (κ3) is 4.09. The molecule has 0 aliphatic carbocycles. The average molecular weight is 236 g/mol. The van der Waals surface area contributed by atoms with E-state index in [9.17, 15) is 4.39 Å². The van der Waals surface area contributed by atoms with Crippen LogP contribution in [0.1, 0.15) is 5.56 Å². The van der Waals surface area contributed by atoms with E-state index in [2.05, 4.69) is 0 Å². The van der Waals surface area contributed by atoms with Crippen LogP contribution in [-0.2, 0) is 6.42 Å². The number of rotatable bonds is 3. The molecule has 0 unspecified atom stereocenters. The summed E-state index contributed by atoms with van der Waals surface area (Å²) in [6, 6.07) is 7.29. The minimum absolute atomic E-state index is 0. The lowest BCUT2D eigenvalue weighted by Crippen LogP contribution is -2.05. The number of halogens is 3. The highest BCUT2D eigenvalue weighted by molar-refractivity contribution is 6.30. The van der Waals surface area contributed by atoms with Gasteiger partial charge in [0.05, 0.1) is 6.33 Å². The largest absolute Gasteiger partial charge is 0.327 e. The highest BCUT2D eigenvalue weighted by atomic mass is 35.5. The van der Waals surface area contributed by atoms with Crippen molar-refractivity contribution >= 4 is 24.0 Å². The molecule has 1 rings (SSSR count). The molecule has 0 heterocycles. The molecule has 0 fully saturated rings. The van der Waals surface area contributed by atoms with E-state index < -0.39 is 0 Å². The molecule has 1 aromatic rings. The Morgan fingerprint density at radius 1 is 1.36 bits per heavy atom. The van der Waals surface area contributed by atoms with Crippen molar-refractivity contribution in [1.29, 1.82) is 0 Å². The molecule has 0 aromatic heterocycles. The summed E-state index contributed by atoms with van der Waals surface area (Å²) in [7, 11) is 0. The van der Waals surface area contributed by atoms with Crippen LogP contribution in [0, 0.1) is 0 Å². The van der Waals surface area contributed by atoms with Crippen LogP contribution in [0.2, 0.25) is 5.02 Å². The van der Waals surface area contributed by atoms with Crippen molar-refractivity contribution in [2.75, 3.05) is 6.54 Å². The van der Waals surface area contributed by atoms with Gasteiger partial charge < -0.3 is 5.73 Å². The lowest BCUT2D eigenvalue weighted by molar-refractivity contribution is 0.699. The zero-order valence-electron chi connectivity index (χ0n) is 7.54. The lowest BCUT2D eigenvalue weighted by Gasteiger charge is -2.02. The molecule has 0 saturated heterocycles. The quantitative estimate of drug-likeness (QED) is 0.857. The van der Waals surface area contributed by atoms with Crippen molar-refractivity contribution in [1.82, 2.24) is 0 Å². The minimum Gasteiger partial charge on any atom is -0.327 e. The predicted molar refractivity (Wildman–Crippen MR) is 60.6 cm³/mol. The highest BCUT2D eigenvalue weighted by Gasteiger charge is 1.97. The maximum atomic E-state index is 12.2. The molecule has 78 valence electrons. The van der Waals surface area contributed by atoms with Gasteiger partial charge in [0, 0.05) is 11.6 Å². The van der Waals surface area contributed by atoms with E-state index in [0.29, 0.717) is 23.3 Å². The van der Waals surface area contributed by atoms with Crippen LogP contribution in [-0.4, -0.2) is 6.54 Å². The van der Waals surface area contributed by atoms with Crippen molar-refractivity contribution in [2.45, 2.75) is 6.42 Å². The van der Waals surface area contributed by atoms with Crippen LogP contribution in [0.15, 0.2) is 36.2 Å². The molecule has 14 heavy (non-hydrogen) atoms. The molecule has 1 aromatic carbocycles. The van der Waals surface area contributed by atoms with Crippen molar-refractivity contribution in [2.24, 2.45) is 5.73 Å². The summed E-state index contributed by atoms with van der Waals surface area (Å²) in [6.07, 6.45) is 1.11. The van der Waals surface area contributed by atoms with Gasteiger partial charge in [0.25, 0.3) is 0 Å². The minimum atomic E-state index is 0. The number of hydrogen-bond donors (Lipinski definition) is 1. The second-order valence-corrected chi connectivity index (χ2v) is 3.21. The first-order valence-corrected chi connectivity index (χ1v) is 4.36. The Hall–Kier alpha value is -0.570. The summed E-state index contributed by atoms with van der Waals surface area (Å²) in [4.78, 5) is 0. The van der Waals surface area contributed by atoms with Gasteiger partial charge in [-0.3, -0.25) is 0 Å². The van der Waals surface area contributed by atoms with Gasteiger partial charge in [-0.05, 0) is 29.7 Å². The molecule has 2 N–H and O–H groups in total. The standard InChI is InChI=1S/C10H11ClFN.ClH/c11-10-3-1-8(2-4-10)5-9(6-12)7-13;/h1-4,6H,5,7,13H2;1H. The van der Waals surface area contributed by atoms with Gasteiger partial charge in [0.15, 0.2) is 0 Å². The van der Waals surface area contributed by atoms with Crippen molar-refractivity contribution in [3.63, 3.8) is 0 Å². The Balaban J connectivity index is 0.00000169. The van der Waals surface area contributed by atoms with Gasteiger partial charge in [-0.15, -0.1) is 12.4 Å². The van der Waals surface area contributed by atoms with Gasteiger partial charge in [0.2, 0.25) is 0 Å². The van der Waals surface area contributed by atoms with Crippen LogP contribution < -0.4 is 5.73 Å². The van der Waals surface area contributed by atoms with Crippen LogP contribution in [0.5, 0.6) is 0 Å². The fraction of sp³-hybridized carbons (Fsp3) is 0.200. The van der Waals surface area contributed by atoms with E-state index in [1.54, 1.807) is 12.1 Å². The van der Waals surface area contributed by atoms with E-state index in [0.717, 1.165) is 5.56 Å². The van der Waals surface area contributed by atoms with Gasteiger partial charge in [-0.1, -0.05) is 23.7 Å². The zero-order chi connectivity index (χ0) is 9.68. The van der Waals surface area contributed by atoms with Crippen LogP contribution in [0.25, 0.3) is 0 Å². The molecule has 1 nitrogen and oxygen atoms in total. The first-order valence-electron chi connectivity index (χ1n) is 3.99. The molecule has 4 heteroatoms. The maximum Gasteiger partial charge on any atom is 0.0875 e. The van der Waals surface area contributed by atoms with Crippen LogP contribution in [0.3, 0.4) is 0 Å². The van der Waals surface area contributed by atoms with E-state index in [1.165, 1.54) is 0 Å². The number of hydrogen-bond acceptors (Lipinski definition) is 1. The Kier molecular flexibility index (Phi) is 6.54. The maximum absolute atomic E-state index is 12.2. The summed E-state index contributed by atoms with van der Waals surface area (Å²) >= 11 is 5.70. The van der Waals surface area contributed by atoms with Gasteiger partial charge >= 0.3 is 0 Å². The third-order valence-electron chi connectivity index (χ3n) is 1.76. The van der Waals surface area contributed by atoms with Gasteiger partial charge in [-0.25, -0.2) is 4.39 Å². The van der Waals surface area contributed by atoms with Crippen LogP contribution >= 0.6 is 24.0 Å². The molecule has 0 atom stereocenters. The molecule has 0 radical (unpaired) electrons. The molecule has 0 saturated carbocycles. The molecule has 0 aliphatic heterocycles. The molecular weight excluding hydrogens is 224 g/mol. The fourth-order valence-electron chi connectivity index (χ4n) is 1.02. The second kappa shape index (κ2) is 6.82. The summed E-state index contributed by atoms with van der Waals surface area (Å²) in [6.45, 7) is 0.249. The number of nitrogens with two attached hydrogens (primary N) is 1. The summed E-state index contributed by atoms with van der Waals surface area (Å²) in [5.74, 6) is 0. The Labute approximate surface area is 94.2 Å². The smallest absolute Gasteiger partial charge is 0.0875 e. The molecule has 0 bridgehead atoms. The SMILES string of the molecule is Cl.NCC(=CF)Cc1ccc(Cl)cc1. The average Bonchev–Trinajstić information content (AvgIpc) is 2.17. The molecule has 0 spiro atoms. The lowest BCUT2D eigenvalue weighted by atomic mass is 10.1. The van der Waals surface area contributed by atoms with Crippen molar-refractivity contribution in [3.8, 4) is 0 Å². The summed E-state index contributed by atoms with van der Waals surface area (Å²) in [5.41, 5.74) is 6.92. The monoisotopic (exact) mass is 235 g/mol. The summed E-state index contributed by atoms with van der Waals surface area (Å²) in [5, 5.41) is 0.683. The van der Waals surface area contributed by atoms with Crippen molar-refractivity contribution in [3.05, 3.63) is 46.8 Å². The van der Waals surface area contributed by atoms with Crippen LogP contribution in [0.4, 0.5) is 4.39 Å². The Morgan fingerprint density at radius 2 is 1.93 bits per heavy atom. The molecule has 0 aliphatic rings. The highest BCUT2D eigenvalue weighted by Crippen LogP contribution is 2.12. The normalized spacial score (nSPS) is 10.9. The van der Waals surface area contributed by atoms with Crippen molar-refractivity contribution < 1.29 is 4.39 Å². The van der Waals surface area contributed by atoms with E-state index in [-0.39, 0.29) is 19.0 Å². The van der Waals surface area contributed by atoms with E-state index in [1.807, 2.05) is 12.1 Å². The Bertz CT molecular complexity index is 295. The van der Waals surface area contributed by atoms with E-state index >= 15 is 0 Å². The summed E-state index contributed by atoms with van der Waals surface area (Å²) < 4.78 is 12.2. The van der Waals surface area contributed by atoms with Gasteiger partial charge in [0.1, 0.15) is 0 Å². The molecule has 0 amide bonds. The number of benzene rings is 1. The first kappa shape index (κ1) is 13.4. The van der Waals surface area contributed by atoms with E-state index in [4.69, 9.17) is 17.3 Å². The second-order valence-electron chi connectivity index (χ2n) is 2.77. The predicted octanol–water partition coefficient (Wildman–Crippen LogP) is 3.12. The van der Waals surface area contributed by atoms with Gasteiger partial charge in [-0.2, -0.15) is 0 Å². The topological polar surface area (TPSA) is 26.0 Å².